The van der Waals surface area contributed by atoms with Crippen LogP contribution in [0.3, 0.4) is 0 Å². The number of hydrogen-bond acceptors (Lipinski definition) is 7. The minimum Gasteiger partial charge on any atom is -0.464 e. The highest BCUT2D eigenvalue weighted by molar-refractivity contribution is 5.88. The number of methoxy groups -OCH3 is 1. The number of nitrogens with zero attached hydrogens (tertiary/aromatic N) is 6. The fourth-order valence-corrected chi connectivity index (χ4v) is 2.53. The number of carbonyl (C=O) groups is 1. The van der Waals surface area contributed by atoms with Gasteiger partial charge in [0.1, 0.15) is 12.9 Å². The molecule has 3 heterocycles. The van der Waals surface area contributed by atoms with Crippen molar-refractivity contribution in [2.45, 2.75) is 25.4 Å². The smallest absolute Gasteiger partial charge is 0.360 e. The summed E-state index contributed by atoms with van der Waals surface area (Å²) in [6, 6.07) is 0.0577. The Bertz CT molecular complexity index is 642. The Balaban J connectivity index is 1.97. The van der Waals surface area contributed by atoms with E-state index in [0.717, 1.165) is 30.9 Å². The molecule has 0 radical (unpaired) electrons. The SMILES string of the molecule is COC(=O)c1nnn(Cc2nncn2C)c1C1CCCN1. The van der Waals surface area contributed by atoms with Gasteiger partial charge in [-0.3, -0.25) is 0 Å². The third kappa shape index (κ3) is 2.51. The first kappa shape index (κ1) is 13.7. The van der Waals surface area contributed by atoms with Gasteiger partial charge in [-0.1, -0.05) is 5.21 Å². The van der Waals surface area contributed by atoms with Gasteiger partial charge >= 0.3 is 5.97 Å². The second kappa shape index (κ2) is 5.60. The van der Waals surface area contributed by atoms with Gasteiger partial charge in [0.2, 0.25) is 0 Å². The van der Waals surface area contributed by atoms with Crippen LogP contribution in [0.4, 0.5) is 0 Å². The van der Waals surface area contributed by atoms with Crippen molar-refractivity contribution in [2.75, 3.05) is 13.7 Å². The maximum absolute atomic E-state index is 11.9. The molecule has 0 bridgehead atoms. The van der Waals surface area contributed by atoms with Gasteiger partial charge in [0.25, 0.3) is 0 Å². The molecule has 1 saturated heterocycles. The van der Waals surface area contributed by atoms with E-state index in [0.29, 0.717) is 6.54 Å². The summed E-state index contributed by atoms with van der Waals surface area (Å²) >= 11 is 0. The van der Waals surface area contributed by atoms with Crippen molar-refractivity contribution in [1.82, 2.24) is 35.1 Å². The molecular weight excluding hydrogens is 274 g/mol. The molecule has 3 rings (SSSR count). The van der Waals surface area contributed by atoms with Crippen LogP contribution < -0.4 is 5.32 Å². The largest absolute Gasteiger partial charge is 0.464 e. The third-order valence-electron chi connectivity index (χ3n) is 3.64. The molecule has 9 nitrogen and oxygen atoms in total. The Morgan fingerprint density at radius 1 is 1.52 bits per heavy atom. The number of esters is 1. The molecule has 0 saturated carbocycles. The van der Waals surface area contributed by atoms with E-state index in [1.807, 2.05) is 11.6 Å². The van der Waals surface area contributed by atoms with Crippen molar-refractivity contribution in [1.29, 1.82) is 0 Å². The molecule has 9 heteroatoms. The lowest BCUT2D eigenvalue weighted by molar-refractivity contribution is 0.0591. The van der Waals surface area contributed by atoms with Crippen LogP contribution in [0.25, 0.3) is 0 Å². The lowest BCUT2D eigenvalue weighted by Crippen LogP contribution is -2.21. The van der Waals surface area contributed by atoms with Crippen LogP contribution in [0.15, 0.2) is 6.33 Å². The molecule has 1 atom stereocenters. The summed E-state index contributed by atoms with van der Waals surface area (Å²) < 4.78 is 8.30. The first-order valence-electron chi connectivity index (χ1n) is 6.78. The Labute approximate surface area is 121 Å². The van der Waals surface area contributed by atoms with Gasteiger partial charge in [-0.15, -0.1) is 15.3 Å². The molecule has 1 aliphatic rings. The zero-order valence-electron chi connectivity index (χ0n) is 12.0. The van der Waals surface area contributed by atoms with Crippen molar-refractivity contribution >= 4 is 5.97 Å². The van der Waals surface area contributed by atoms with E-state index < -0.39 is 5.97 Å². The summed E-state index contributed by atoms with van der Waals surface area (Å²) in [5.41, 5.74) is 1.02. The van der Waals surface area contributed by atoms with Crippen molar-refractivity contribution in [3.8, 4) is 0 Å². The highest BCUT2D eigenvalue weighted by Gasteiger charge is 2.29. The molecule has 1 unspecified atom stereocenters. The molecule has 2 aromatic heterocycles. The lowest BCUT2D eigenvalue weighted by atomic mass is 10.1. The molecule has 0 aliphatic carbocycles. The first-order chi connectivity index (χ1) is 10.2. The summed E-state index contributed by atoms with van der Waals surface area (Å²) in [5, 5.41) is 19.3. The molecule has 1 fully saturated rings. The van der Waals surface area contributed by atoms with Crippen LogP contribution in [-0.2, 0) is 18.3 Å². The van der Waals surface area contributed by atoms with Crippen LogP contribution in [0.5, 0.6) is 0 Å². The maximum atomic E-state index is 11.9. The molecular formula is C12H17N7O2. The van der Waals surface area contributed by atoms with Crippen LogP contribution in [0.2, 0.25) is 0 Å². The predicted octanol–water partition coefficient (Wildman–Crippen LogP) is -0.334. The summed E-state index contributed by atoms with van der Waals surface area (Å²) in [6.07, 6.45) is 3.62. The molecule has 21 heavy (non-hydrogen) atoms. The van der Waals surface area contributed by atoms with Crippen LogP contribution in [-0.4, -0.2) is 49.4 Å². The van der Waals surface area contributed by atoms with E-state index in [1.54, 1.807) is 11.0 Å². The topological polar surface area (TPSA) is 99.8 Å². The standard InChI is InChI=1S/C12H17N7O2/c1-18-7-14-15-9(18)6-19-11(8-4-3-5-13-8)10(16-17-19)12(20)21-2/h7-8,13H,3-6H2,1-2H3. The zero-order valence-corrected chi connectivity index (χ0v) is 12.0. The summed E-state index contributed by atoms with van der Waals surface area (Å²) in [5.74, 6) is 0.276. The summed E-state index contributed by atoms with van der Waals surface area (Å²) in [4.78, 5) is 11.9. The van der Waals surface area contributed by atoms with Gasteiger partial charge in [0.05, 0.1) is 18.8 Å². The van der Waals surface area contributed by atoms with E-state index in [9.17, 15) is 4.79 Å². The van der Waals surface area contributed by atoms with E-state index >= 15 is 0 Å². The predicted molar refractivity (Wildman–Crippen MR) is 71.4 cm³/mol. The minimum atomic E-state index is -0.470. The van der Waals surface area contributed by atoms with Crippen molar-refractivity contribution in [3.63, 3.8) is 0 Å². The highest BCUT2D eigenvalue weighted by atomic mass is 16.5. The number of aromatic nitrogens is 6. The monoisotopic (exact) mass is 291 g/mol. The molecule has 0 aromatic carbocycles. The average Bonchev–Trinajstić information content (AvgIpc) is 3.20. The second-order valence-corrected chi connectivity index (χ2v) is 4.98. The quantitative estimate of drug-likeness (QED) is 0.770. The van der Waals surface area contributed by atoms with Gasteiger partial charge in [-0.05, 0) is 19.4 Å². The van der Waals surface area contributed by atoms with Crippen molar-refractivity contribution in [2.24, 2.45) is 7.05 Å². The average molecular weight is 291 g/mol. The van der Waals surface area contributed by atoms with Gasteiger partial charge < -0.3 is 14.6 Å². The number of ether oxygens (including phenoxy) is 1. The minimum absolute atomic E-state index is 0.0577. The Morgan fingerprint density at radius 3 is 3.00 bits per heavy atom. The van der Waals surface area contributed by atoms with Crippen molar-refractivity contribution in [3.05, 3.63) is 23.5 Å². The van der Waals surface area contributed by atoms with E-state index in [1.165, 1.54) is 7.11 Å². The molecule has 1 aliphatic heterocycles. The lowest BCUT2D eigenvalue weighted by Gasteiger charge is -2.13. The molecule has 0 spiro atoms. The number of hydrogen-bond donors (Lipinski definition) is 1. The zero-order chi connectivity index (χ0) is 14.8. The Kier molecular flexibility index (Phi) is 3.65. The molecule has 2 aromatic rings. The number of nitrogens with one attached hydrogen (secondary N) is 1. The molecule has 112 valence electrons. The normalized spacial score (nSPS) is 18.1. The molecule has 1 N–H and O–H groups in total. The molecule has 0 amide bonds. The fraction of sp³-hybridized carbons (Fsp3) is 0.583. The third-order valence-corrected chi connectivity index (χ3v) is 3.64. The summed E-state index contributed by atoms with van der Waals surface area (Å²) in [6.45, 7) is 1.33. The van der Waals surface area contributed by atoms with E-state index in [2.05, 4.69) is 25.8 Å². The number of aryl methyl sites for hydroxylation is 1. The second-order valence-electron chi connectivity index (χ2n) is 4.98. The first-order valence-corrected chi connectivity index (χ1v) is 6.78. The van der Waals surface area contributed by atoms with Crippen LogP contribution in [0.1, 0.15) is 40.9 Å². The summed E-state index contributed by atoms with van der Waals surface area (Å²) in [7, 11) is 3.21. The van der Waals surface area contributed by atoms with Gasteiger partial charge in [0.15, 0.2) is 11.5 Å². The van der Waals surface area contributed by atoms with E-state index in [-0.39, 0.29) is 11.7 Å². The Morgan fingerprint density at radius 2 is 2.38 bits per heavy atom. The number of carbonyl (C=O) groups excluding carboxylic acids is 1. The van der Waals surface area contributed by atoms with Crippen LogP contribution in [0, 0.1) is 0 Å². The van der Waals surface area contributed by atoms with Crippen molar-refractivity contribution < 1.29 is 9.53 Å². The highest BCUT2D eigenvalue weighted by Crippen LogP contribution is 2.25. The maximum Gasteiger partial charge on any atom is 0.360 e. The number of rotatable bonds is 4. The van der Waals surface area contributed by atoms with Crippen LogP contribution >= 0.6 is 0 Å². The van der Waals surface area contributed by atoms with Gasteiger partial charge in [0, 0.05) is 7.05 Å². The fourth-order valence-electron chi connectivity index (χ4n) is 2.53. The van der Waals surface area contributed by atoms with Gasteiger partial charge in [-0.2, -0.15) is 0 Å². The van der Waals surface area contributed by atoms with E-state index in [4.69, 9.17) is 4.74 Å². The van der Waals surface area contributed by atoms with Gasteiger partial charge in [-0.25, -0.2) is 9.48 Å². The Hall–Kier alpha value is -2.29.